The minimum Gasteiger partial charge on any atom is -0.370 e. The molecule has 0 aliphatic carbocycles. The zero-order valence-electron chi connectivity index (χ0n) is 11.5. The van der Waals surface area contributed by atoms with Gasteiger partial charge in [-0.05, 0) is 38.4 Å². The molecule has 0 bridgehead atoms. The molecule has 2 aromatic rings. The molecule has 1 fully saturated rings. The Morgan fingerprint density at radius 1 is 1.26 bits per heavy atom. The first kappa shape index (κ1) is 12.4. The Bertz CT molecular complexity index is 552. The maximum absolute atomic E-state index is 4.57. The summed E-state index contributed by atoms with van der Waals surface area (Å²) in [6.45, 7) is 5.59. The van der Waals surface area contributed by atoms with Crippen molar-refractivity contribution in [3.63, 3.8) is 0 Å². The summed E-state index contributed by atoms with van der Waals surface area (Å²) in [6.07, 6.45) is 4.39. The number of nitrogens with one attached hydrogen (secondary N) is 1. The molecular formula is C16H21N3. The van der Waals surface area contributed by atoms with Gasteiger partial charge in [0.2, 0.25) is 0 Å². The predicted molar refractivity (Wildman–Crippen MR) is 80.7 cm³/mol. The van der Waals surface area contributed by atoms with Crippen LogP contribution < -0.4 is 10.2 Å². The fraction of sp³-hybridized carbons (Fsp3) is 0.438. The van der Waals surface area contributed by atoms with Gasteiger partial charge in [0.1, 0.15) is 0 Å². The summed E-state index contributed by atoms with van der Waals surface area (Å²) < 4.78 is 0. The normalized spacial score (nSPS) is 21.1. The van der Waals surface area contributed by atoms with E-state index >= 15 is 0 Å². The highest BCUT2D eigenvalue weighted by molar-refractivity contribution is 5.81. The Balaban J connectivity index is 1.85. The third-order valence-electron chi connectivity index (χ3n) is 3.87. The molecule has 100 valence electrons. The molecule has 1 aliphatic heterocycles. The van der Waals surface area contributed by atoms with E-state index in [2.05, 4.69) is 46.4 Å². The first-order chi connectivity index (χ1) is 9.33. The second-order valence-electron chi connectivity index (χ2n) is 5.37. The number of benzene rings is 1. The molecule has 1 aromatic heterocycles. The SMILES string of the molecule is CC1CCN(c2cnc3ccccc3c2)CCCN1. The predicted octanol–water partition coefficient (Wildman–Crippen LogP) is 2.81. The fourth-order valence-electron chi connectivity index (χ4n) is 2.67. The summed E-state index contributed by atoms with van der Waals surface area (Å²) in [7, 11) is 0. The lowest BCUT2D eigenvalue weighted by Crippen LogP contribution is -2.38. The molecule has 3 heteroatoms. The summed E-state index contributed by atoms with van der Waals surface area (Å²) in [6, 6.07) is 11.2. The van der Waals surface area contributed by atoms with Crippen LogP contribution in [0.3, 0.4) is 0 Å². The van der Waals surface area contributed by atoms with Crippen molar-refractivity contribution in [2.75, 3.05) is 24.5 Å². The number of anilines is 1. The minimum absolute atomic E-state index is 0.608. The standard InChI is InChI=1S/C16H21N3/c1-13-7-10-19(9-4-8-17-13)15-11-14-5-2-3-6-16(14)18-12-15/h2-3,5-6,11-13,17H,4,7-10H2,1H3. The van der Waals surface area contributed by atoms with Crippen LogP contribution in [0.25, 0.3) is 10.9 Å². The van der Waals surface area contributed by atoms with Crippen molar-refractivity contribution >= 4 is 16.6 Å². The van der Waals surface area contributed by atoms with Gasteiger partial charge in [-0.15, -0.1) is 0 Å². The lowest BCUT2D eigenvalue weighted by atomic mass is 10.1. The van der Waals surface area contributed by atoms with Crippen molar-refractivity contribution in [1.29, 1.82) is 0 Å². The van der Waals surface area contributed by atoms with E-state index in [9.17, 15) is 0 Å². The van der Waals surface area contributed by atoms with Gasteiger partial charge in [0, 0.05) is 24.5 Å². The molecule has 1 aliphatic rings. The summed E-state index contributed by atoms with van der Waals surface area (Å²) in [5.74, 6) is 0. The number of nitrogens with zero attached hydrogens (tertiary/aromatic N) is 2. The highest BCUT2D eigenvalue weighted by Crippen LogP contribution is 2.21. The van der Waals surface area contributed by atoms with Gasteiger partial charge in [-0.3, -0.25) is 4.98 Å². The Morgan fingerprint density at radius 3 is 3.11 bits per heavy atom. The maximum Gasteiger partial charge on any atom is 0.0703 e. The van der Waals surface area contributed by atoms with Gasteiger partial charge in [0.05, 0.1) is 17.4 Å². The molecule has 2 heterocycles. The molecule has 3 rings (SSSR count). The van der Waals surface area contributed by atoms with E-state index < -0.39 is 0 Å². The molecule has 1 saturated heterocycles. The third-order valence-corrected chi connectivity index (χ3v) is 3.87. The van der Waals surface area contributed by atoms with E-state index in [4.69, 9.17) is 0 Å². The van der Waals surface area contributed by atoms with Gasteiger partial charge in [-0.2, -0.15) is 0 Å². The van der Waals surface area contributed by atoms with E-state index in [1.54, 1.807) is 0 Å². The summed E-state index contributed by atoms with van der Waals surface area (Å²) in [4.78, 5) is 7.04. The van der Waals surface area contributed by atoms with Crippen LogP contribution in [0.1, 0.15) is 19.8 Å². The van der Waals surface area contributed by atoms with Crippen molar-refractivity contribution in [3.8, 4) is 0 Å². The van der Waals surface area contributed by atoms with Crippen LogP contribution >= 0.6 is 0 Å². The number of fused-ring (bicyclic) bond motifs is 1. The smallest absolute Gasteiger partial charge is 0.0703 e. The number of aromatic nitrogens is 1. The second-order valence-corrected chi connectivity index (χ2v) is 5.37. The first-order valence-electron chi connectivity index (χ1n) is 7.16. The number of para-hydroxylation sites is 1. The van der Waals surface area contributed by atoms with E-state index in [1.165, 1.54) is 23.9 Å². The van der Waals surface area contributed by atoms with Crippen molar-refractivity contribution in [2.45, 2.75) is 25.8 Å². The molecule has 3 nitrogen and oxygen atoms in total. The number of hydrogen-bond donors (Lipinski definition) is 1. The first-order valence-corrected chi connectivity index (χ1v) is 7.16. The summed E-state index contributed by atoms with van der Waals surface area (Å²) in [5.41, 5.74) is 2.33. The molecule has 1 unspecified atom stereocenters. The van der Waals surface area contributed by atoms with Gasteiger partial charge in [-0.1, -0.05) is 18.2 Å². The van der Waals surface area contributed by atoms with Crippen LogP contribution in [-0.4, -0.2) is 30.7 Å². The van der Waals surface area contributed by atoms with E-state index in [0.717, 1.165) is 25.2 Å². The van der Waals surface area contributed by atoms with E-state index in [1.807, 2.05) is 12.3 Å². The lowest BCUT2D eigenvalue weighted by Gasteiger charge is -2.29. The van der Waals surface area contributed by atoms with Crippen molar-refractivity contribution < 1.29 is 0 Å². The molecule has 1 atom stereocenters. The van der Waals surface area contributed by atoms with Crippen LogP contribution in [0.15, 0.2) is 36.5 Å². The van der Waals surface area contributed by atoms with Gasteiger partial charge in [0.25, 0.3) is 0 Å². The monoisotopic (exact) mass is 255 g/mol. The number of hydrogen-bond acceptors (Lipinski definition) is 3. The van der Waals surface area contributed by atoms with Crippen LogP contribution in [0.4, 0.5) is 5.69 Å². The van der Waals surface area contributed by atoms with Crippen LogP contribution in [0.5, 0.6) is 0 Å². The molecule has 0 radical (unpaired) electrons. The Hall–Kier alpha value is -1.61. The van der Waals surface area contributed by atoms with Gasteiger partial charge >= 0.3 is 0 Å². The molecule has 0 saturated carbocycles. The fourth-order valence-corrected chi connectivity index (χ4v) is 2.67. The van der Waals surface area contributed by atoms with Gasteiger partial charge in [0.15, 0.2) is 0 Å². The topological polar surface area (TPSA) is 28.2 Å². The second kappa shape index (κ2) is 5.57. The molecular weight excluding hydrogens is 234 g/mol. The van der Waals surface area contributed by atoms with Gasteiger partial charge < -0.3 is 10.2 Å². The summed E-state index contributed by atoms with van der Waals surface area (Å²) >= 11 is 0. The average molecular weight is 255 g/mol. The average Bonchev–Trinajstić information content (AvgIpc) is 2.43. The maximum atomic E-state index is 4.57. The Morgan fingerprint density at radius 2 is 2.16 bits per heavy atom. The highest BCUT2D eigenvalue weighted by atomic mass is 15.1. The van der Waals surface area contributed by atoms with Gasteiger partial charge in [-0.25, -0.2) is 0 Å². The van der Waals surface area contributed by atoms with Crippen molar-refractivity contribution in [3.05, 3.63) is 36.5 Å². The Labute approximate surface area is 114 Å². The molecule has 19 heavy (non-hydrogen) atoms. The van der Waals surface area contributed by atoms with E-state index in [-0.39, 0.29) is 0 Å². The minimum atomic E-state index is 0.608. The highest BCUT2D eigenvalue weighted by Gasteiger charge is 2.12. The van der Waals surface area contributed by atoms with Crippen LogP contribution in [0.2, 0.25) is 0 Å². The number of rotatable bonds is 1. The summed E-state index contributed by atoms with van der Waals surface area (Å²) in [5, 5.41) is 4.77. The van der Waals surface area contributed by atoms with Crippen molar-refractivity contribution in [2.24, 2.45) is 0 Å². The largest absolute Gasteiger partial charge is 0.370 e. The van der Waals surface area contributed by atoms with E-state index in [0.29, 0.717) is 6.04 Å². The lowest BCUT2D eigenvalue weighted by molar-refractivity contribution is 0.475. The molecule has 1 aromatic carbocycles. The van der Waals surface area contributed by atoms with Crippen LogP contribution in [0, 0.1) is 0 Å². The quantitative estimate of drug-likeness (QED) is 0.849. The third kappa shape index (κ3) is 2.87. The molecule has 0 spiro atoms. The number of pyridine rings is 1. The van der Waals surface area contributed by atoms with Crippen molar-refractivity contribution in [1.82, 2.24) is 10.3 Å². The Kier molecular flexibility index (Phi) is 3.65. The molecule has 1 N–H and O–H groups in total. The van der Waals surface area contributed by atoms with Crippen LogP contribution in [-0.2, 0) is 0 Å². The molecule has 0 amide bonds. The zero-order chi connectivity index (χ0) is 13.1. The zero-order valence-corrected chi connectivity index (χ0v) is 11.5.